The van der Waals surface area contributed by atoms with Crippen LogP contribution in [0.25, 0.3) is 10.9 Å². The highest BCUT2D eigenvalue weighted by molar-refractivity contribution is 6.06. The van der Waals surface area contributed by atoms with Crippen LogP contribution < -0.4 is 0 Å². The van der Waals surface area contributed by atoms with Crippen LogP contribution in [0.2, 0.25) is 0 Å². The van der Waals surface area contributed by atoms with Crippen LogP contribution in [0.4, 0.5) is 0 Å². The summed E-state index contributed by atoms with van der Waals surface area (Å²) < 4.78 is 11.7. The van der Waals surface area contributed by atoms with Gasteiger partial charge in [-0.3, -0.25) is 0 Å². The molecule has 0 N–H and O–H groups in total. The number of hydrogen-bond acceptors (Lipinski definition) is 4. The van der Waals surface area contributed by atoms with Crippen LogP contribution in [-0.4, -0.2) is 30.7 Å². The summed E-state index contributed by atoms with van der Waals surface area (Å²) in [6.07, 6.45) is 3.68. The molecule has 0 saturated heterocycles. The van der Waals surface area contributed by atoms with E-state index in [9.17, 15) is 9.59 Å². The molecule has 0 spiro atoms. The van der Waals surface area contributed by atoms with Crippen molar-refractivity contribution in [1.29, 1.82) is 0 Å². The molecule has 3 aromatic rings. The molecule has 0 aliphatic rings. The van der Waals surface area contributed by atoms with Crippen LogP contribution in [0, 0.1) is 0 Å². The maximum Gasteiger partial charge on any atom is 0.340 e. The molecule has 0 saturated carbocycles. The van der Waals surface area contributed by atoms with E-state index in [0.717, 1.165) is 24.9 Å². The minimum absolute atomic E-state index is 0.409. The van der Waals surface area contributed by atoms with E-state index in [0.29, 0.717) is 16.5 Å². The first-order valence-corrected chi connectivity index (χ1v) is 8.47. The van der Waals surface area contributed by atoms with Crippen molar-refractivity contribution in [3.8, 4) is 0 Å². The molecule has 3 rings (SSSR count). The molecule has 0 aliphatic heterocycles. The smallest absolute Gasteiger partial charge is 0.340 e. The average molecular weight is 351 g/mol. The normalized spacial score (nSPS) is 10.7. The van der Waals surface area contributed by atoms with Crippen molar-refractivity contribution in [2.24, 2.45) is 0 Å². The van der Waals surface area contributed by atoms with Gasteiger partial charge in [0.2, 0.25) is 0 Å². The van der Waals surface area contributed by atoms with E-state index in [1.54, 1.807) is 18.3 Å². The number of carbonyl (C=O) groups is 2. The summed E-state index contributed by atoms with van der Waals surface area (Å²) in [6.45, 7) is 0.764. The zero-order valence-electron chi connectivity index (χ0n) is 14.9. The molecule has 0 radical (unpaired) electrons. The molecule has 0 unspecified atom stereocenters. The fourth-order valence-corrected chi connectivity index (χ4v) is 3.10. The first-order valence-electron chi connectivity index (χ1n) is 8.47. The highest BCUT2D eigenvalue weighted by Crippen LogP contribution is 2.25. The van der Waals surface area contributed by atoms with Gasteiger partial charge in [0.25, 0.3) is 0 Å². The molecule has 2 aromatic carbocycles. The van der Waals surface area contributed by atoms with Gasteiger partial charge in [-0.25, -0.2) is 9.59 Å². The van der Waals surface area contributed by atoms with Crippen molar-refractivity contribution in [2.75, 3.05) is 14.2 Å². The second kappa shape index (κ2) is 7.87. The van der Waals surface area contributed by atoms with Crippen LogP contribution in [0.15, 0.2) is 54.7 Å². The number of ether oxygens (including phenoxy) is 2. The largest absolute Gasteiger partial charge is 0.465 e. The van der Waals surface area contributed by atoms with Crippen molar-refractivity contribution in [2.45, 2.75) is 19.4 Å². The third kappa shape index (κ3) is 3.61. The Bertz CT molecular complexity index is 928. The lowest BCUT2D eigenvalue weighted by atomic mass is 10.1. The third-order valence-electron chi connectivity index (χ3n) is 4.41. The Balaban J connectivity index is 1.89. The molecule has 1 heterocycles. The molecule has 1 aromatic heterocycles. The van der Waals surface area contributed by atoms with Crippen LogP contribution >= 0.6 is 0 Å². The van der Waals surface area contributed by atoms with Gasteiger partial charge in [-0.1, -0.05) is 30.3 Å². The molecule has 134 valence electrons. The number of aryl methyl sites for hydroxylation is 2. The molecular formula is C21H21NO4. The minimum Gasteiger partial charge on any atom is -0.465 e. The van der Waals surface area contributed by atoms with E-state index in [4.69, 9.17) is 9.47 Å². The number of carbonyl (C=O) groups excluding carboxylic acids is 2. The summed E-state index contributed by atoms with van der Waals surface area (Å²) in [4.78, 5) is 23.9. The maximum absolute atomic E-state index is 12.1. The lowest BCUT2D eigenvalue weighted by Crippen LogP contribution is -2.02. The van der Waals surface area contributed by atoms with E-state index in [-0.39, 0.29) is 0 Å². The van der Waals surface area contributed by atoms with Gasteiger partial charge in [0.05, 0.1) is 25.3 Å². The Morgan fingerprint density at radius 3 is 2.38 bits per heavy atom. The van der Waals surface area contributed by atoms with E-state index in [2.05, 4.69) is 12.1 Å². The lowest BCUT2D eigenvalue weighted by Gasteiger charge is -2.06. The molecule has 26 heavy (non-hydrogen) atoms. The Morgan fingerprint density at radius 2 is 1.69 bits per heavy atom. The zero-order chi connectivity index (χ0) is 18.5. The summed E-state index contributed by atoms with van der Waals surface area (Å²) >= 11 is 0. The number of methoxy groups -OCH3 is 2. The zero-order valence-corrected chi connectivity index (χ0v) is 14.9. The Labute approximate surface area is 152 Å². The number of aromatic nitrogens is 1. The summed E-state index contributed by atoms with van der Waals surface area (Å²) in [5, 5.41) is 0.694. The summed E-state index contributed by atoms with van der Waals surface area (Å²) in [7, 11) is 2.69. The van der Waals surface area contributed by atoms with Gasteiger partial charge in [0.1, 0.15) is 0 Å². The predicted octanol–water partition coefficient (Wildman–Crippen LogP) is 3.85. The molecule has 5 nitrogen and oxygen atoms in total. The van der Waals surface area contributed by atoms with Gasteiger partial charge >= 0.3 is 11.9 Å². The first kappa shape index (κ1) is 17.7. The summed E-state index contributed by atoms with van der Waals surface area (Å²) in [5.41, 5.74) is 3.04. The molecule has 0 aliphatic carbocycles. The number of fused-ring (bicyclic) bond motifs is 1. The number of esters is 2. The number of rotatable bonds is 6. The second-order valence-corrected chi connectivity index (χ2v) is 6.04. The van der Waals surface area contributed by atoms with Gasteiger partial charge < -0.3 is 14.0 Å². The van der Waals surface area contributed by atoms with E-state index < -0.39 is 11.9 Å². The highest BCUT2D eigenvalue weighted by atomic mass is 16.5. The molecule has 0 bridgehead atoms. The Morgan fingerprint density at radius 1 is 0.962 bits per heavy atom. The van der Waals surface area contributed by atoms with Crippen molar-refractivity contribution in [3.05, 3.63) is 71.4 Å². The van der Waals surface area contributed by atoms with Crippen molar-refractivity contribution >= 4 is 22.8 Å². The van der Waals surface area contributed by atoms with Gasteiger partial charge in [0, 0.05) is 23.6 Å². The van der Waals surface area contributed by atoms with Crippen LogP contribution in [-0.2, 0) is 22.4 Å². The topological polar surface area (TPSA) is 57.5 Å². The maximum atomic E-state index is 12.1. The quantitative estimate of drug-likeness (QED) is 0.633. The Hall–Kier alpha value is -3.08. The fraction of sp³-hybridized carbons (Fsp3) is 0.238. The van der Waals surface area contributed by atoms with Gasteiger partial charge in [0.15, 0.2) is 0 Å². The summed E-state index contributed by atoms with van der Waals surface area (Å²) in [6, 6.07) is 15.5. The lowest BCUT2D eigenvalue weighted by molar-refractivity contribution is 0.0591. The molecule has 5 heteroatoms. The number of benzene rings is 2. The molecule has 0 amide bonds. The number of nitrogens with zero attached hydrogens (tertiary/aromatic N) is 1. The van der Waals surface area contributed by atoms with E-state index in [1.165, 1.54) is 19.8 Å². The highest BCUT2D eigenvalue weighted by Gasteiger charge is 2.17. The molecule has 0 fully saturated rings. The average Bonchev–Trinajstić information content (AvgIpc) is 3.05. The van der Waals surface area contributed by atoms with Crippen molar-refractivity contribution in [3.63, 3.8) is 0 Å². The molecule has 0 atom stereocenters. The SMILES string of the molecule is COC(=O)c1ccc2c(c1)c(C(=O)OC)cn2CCCc1ccccc1. The summed E-state index contributed by atoms with van der Waals surface area (Å²) in [5.74, 6) is -0.849. The van der Waals surface area contributed by atoms with Gasteiger partial charge in [-0.15, -0.1) is 0 Å². The van der Waals surface area contributed by atoms with E-state index >= 15 is 0 Å². The minimum atomic E-state index is -0.431. The fourth-order valence-electron chi connectivity index (χ4n) is 3.10. The van der Waals surface area contributed by atoms with Gasteiger partial charge in [-0.2, -0.15) is 0 Å². The van der Waals surface area contributed by atoms with Crippen LogP contribution in [0.1, 0.15) is 32.7 Å². The Kier molecular flexibility index (Phi) is 5.37. The van der Waals surface area contributed by atoms with Crippen LogP contribution in [0.5, 0.6) is 0 Å². The second-order valence-electron chi connectivity index (χ2n) is 6.04. The van der Waals surface area contributed by atoms with Crippen LogP contribution in [0.3, 0.4) is 0 Å². The monoisotopic (exact) mass is 351 g/mol. The number of hydrogen-bond donors (Lipinski definition) is 0. The third-order valence-corrected chi connectivity index (χ3v) is 4.41. The van der Waals surface area contributed by atoms with Crippen molar-refractivity contribution in [1.82, 2.24) is 4.57 Å². The van der Waals surface area contributed by atoms with Gasteiger partial charge in [-0.05, 0) is 36.6 Å². The van der Waals surface area contributed by atoms with E-state index in [1.807, 2.05) is 28.8 Å². The standard InChI is InChI=1S/C21H21NO4/c1-25-20(23)16-10-11-19-17(13-16)18(21(24)26-2)14-22(19)12-6-9-15-7-4-3-5-8-15/h3-5,7-8,10-11,13-14H,6,9,12H2,1-2H3. The molecular weight excluding hydrogens is 330 g/mol. The van der Waals surface area contributed by atoms with Crippen molar-refractivity contribution < 1.29 is 19.1 Å². The first-order chi connectivity index (χ1) is 12.6. The predicted molar refractivity (Wildman–Crippen MR) is 99.4 cm³/mol.